The number of hydrogen-bond acceptors (Lipinski definition) is 1. The second-order valence-electron chi connectivity index (χ2n) is 4.74. The smallest absolute Gasteiger partial charge is 0.307 e. The highest BCUT2D eigenvalue weighted by atomic mass is 79.9. The van der Waals surface area contributed by atoms with E-state index in [9.17, 15) is 18.7 Å². The topological polar surface area (TPSA) is 37.3 Å². The molecule has 0 spiro atoms. The first kappa shape index (κ1) is 15.6. The summed E-state index contributed by atoms with van der Waals surface area (Å²) < 4.78 is 28.1. The van der Waals surface area contributed by atoms with Crippen molar-refractivity contribution >= 4 is 21.9 Å². The predicted molar refractivity (Wildman–Crippen MR) is 79.0 cm³/mol. The Morgan fingerprint density at radius 3 is 2.24 bits per heavy atom. The highest BCUT2D eigenvalue weighted by Crippen LogP contribution is 2.23. The quantitative estimate of drug-likeness (QED) is 0.872. The van der Waals surface area contributed by atoms with Gasteiger partial charge in [0.15, 0.2) is 0 Å². The van der Waals surface area contributed by atoms with Crippen molar-refractivity contribution in [2.24, 2.45) is 5.92 Å². The van der Waals surface area contributed by atoms with Gasteiger partial charge in [0.2, 0.25) is 0 Å². The number of hydrogen-bond donors (Lipinski definition) is 1. The van der Waals surface area contributed by atoms with E-state index in [-0.39, 0.29) is 18.4 Å². The second-order valence-corrected chi connectivity index (χ2v) is 5.59. The Balaban J connectivity index is 2.25. The van der Waals surface area contributed by atoms with Gasteiger partial charge in [-0.1, -0.05) is 40.2 Å². The molecule has 0 saturated carbocycles. The number of rotatable bonds is 5. The van der Waals surface area contributed by atoms with Crippen LogP contribution in [-0.4, -0.2) is 11.1 Å². The number of carbonyl (C=O) groups is 1. The molecule has 0 fully saturated rings. The van der Waals surface area contributed by atoms with Crippen LogP contribution in [0.15, 0.2) is 46.9 Å². The highest BCUT2D eigenvalue weighted by Gasteiger charge is 2.23. The fourth-order valence-electron chi connectivity index (χ4n) is 2.15. The summed E-state index contributed by atoms with van der Waals surface area (Å²) in [6, 6.07) is 10.7. The number of halogens is 3. The molecule has 0 aliphatic rings. The summed E-state index contributed by atoms with van der Waals surface area (Å²) in [7, 11) is 0. The van der Waals surface area contributed by atoms with Crippen molar-refractivity contribution in [3.63, 3.8) is 0 Å². The van der Waals surface area contributed by atoms with Crippen molar-refractivity contribution in [2.45, 2.75) is 12.8 Å². The average Bonchev–Trinajstić information content (AvgIpc) is 2.43. The minimum Gasteiger partial charge on any atom is -0.481 e. The number of benzene rings is 2. The Morgan fingerprint density at radius 1 is 1.05 bits per heavy atom. The summed E-state index contributed by atoms with van der Waals surface area (Å²) in [5, 5.41) is 9.31. The molecule has 1 unspecified atom stereocenters. The van der Waals surface area contributed by atoms with Crippen LogP contribution in [0.25, 0.3) is 0 Å². The summed E-state index contributed by atoms with van der Waals surface area (Å²) in [5.41, 5.74) is 0.610. The Hall–Kier alpha value is -1.75. The van der Waals surface area contributed by atoms with Crippen LogP contribution < -0.4 is 0 Å². The van der Waals surface area contributed by atoms with Crippen molar-refractivity contribution in [2.75, 3.05) is 0 Å². The summed E-state index contributed by atoms with van der Waals surface area (Å²) >= 11 is 3.35. The van der Waals surface area contributed by atoms with Crippen molar-refractivity contribution in [1.82, 2.24) is 0 Å². The largest absolute Gasteiger partial charge is 0.481 e. The van der Waals surface area contributed by atoms with E-state index in [1.807, 2.05) is 6.07 Å². The number of carboxylic acid groups (broad SMARTS) is 1. The molecule has 2 aromatic carbocycles. The van der Waals surface area contributed by atoms with E-state index in [1.165, 1.54) is 6.07 Å². The fourth-order valence-corrected chi connectivity index (χ4v) is 2.60. The highest BCUT2D eigenvalue weighted by molar-refractivity contribution is 9.10. The maximum absolute atomic E-state index is 13.7. The average molecular weight is 355 g/mol. The van der Waals surface area contributed by atoms with Crippen LogP contribution in [0.1, 0.15) is 11.1 Å². The zero-order valence-corrected chi connectivity index (χ0v) is 12.6. The molecule has 0 bridgehead atoms. The third-order valence-corrected chi connectivity index (χ3v) is 4.06. The summed E-state index contributed by atoms with van der Waals surface area (Å²) in [4.78, 5) is 11.4. The molecule has 1 N–H and O–H groups in total. The minimum absolute atomic E-state index is 0.183. The van der Waals surface area contributed by atoms with E-state index in [0.717, 1.165) is 22.2 Å². The molecular formula is C16H13BrF2O2. The van der Waals surface area contributed by atoms with Gasteiger partial charge in [-0.25, -0.2) is 8.78 Å². The summed E-state index contributed by atoms with van der Waals surface area (Å²) in [5.74, 6) is -3.40. The lowest BCUT2D eigenvalue weighted by molar-refractivity contribution is -0.141. The lowest BCUT2D eigenvalue weighted by Gasteiger charge is -2.14. The summed E-state index contributed by atoms with van der Waals surface area (Å²) in [6.07, 6.45) is 0.0136. The van der Waals surface area contributed by atoms with Gasteiger partial charge in [0, 0.05) is 10.0 Å². The molecule has 2 aromatic rings. The first-order chi connectivity index (χ1) is 9.99. The Labute approximate surface area is 129 Å². The molecule has 0 saturated heterocycles. The fraction of sp³-hybridized carbons (Fsp3) is 0.188. The van der Waals surface area contributed by atoms with Crippen molar-refractivity contribution in [3.8, 4) is 0 Å². The molecule has 0 heterocycles. The van der Waals surface area contributed by atoms with Crippen LogP contribution in [0.4, 0.5) is 8.78 Å². The van der Waals surface area contributed by atoms with E-state index >= 15 is 0 Å². The van der Waals surface area contributed by atoms with E-state index in [0.29, 0.717) is 0 Å². The van der Waals surface area contributed by atoms with E-state index in [4.69, 9.17) is 0 Å². The maximum Gasteiger partial charge on any atom is 0.307 e. The maximum atomic E-state index is 13.7. The molecule has 0 aliphatic carbocycles. The van der Waals surface area contributed by atoms with Gasteiger partial charge < -0.3 is 5.11 Å². The second kappa shape index (κ2) is 6.80. The standard InChI is InChI=1S/C16H13BrF2O2/c17-13-5-2-1-4-10(13)8-11(16(20)21)9-12-14(18)6-3-7-15(12)19/h1-7,11H,8-9H2,(H,20,21). The van der Waals surface area contributed by atoms with Crippen LogP contribution in [-0.2, 0) is 17.6 Å². The summed E-state index contributed by atoms with van der Waals surface area (Å²) in [6.45, 7) is 0. The zero-order valence-electron chi connectivity index (χ0n) is 11.0. The van der Waals surface area contributed by atoms with Crippen molar-refractivity contribution < 1.29 is 18.7 Å². The van der Waals surface area contributed by atoms with Gasteiger partial charge in [0.1, 0.15) is 11.6 Å². The van der Waals surface area contributed by atoms with Crippen LogP contribution in [0.3, 0.4) is 0 Å². The van der Waals surface area contributed by atoms with Gasteiger partial charge in [0.05, 0.1) is 5.92 Å². The molecule has 0 amide bonds. The SMILES string of the molecule is O=C(O)C(Cc1ccccc1Br)Cc1c(F)cccc1F. The van der Waals surface area contributed by atoms with Crippen molar-refractivity contribution in [3.05, 3.63) is 69.7 Å². The Bertz CT molecular complexity index is 638. The molecule has 5 heteroatoms. The van der Waals surface area contributed by atoms with E-state index in [1.54, 1.807) is 18.2 Å². The van der Waals surface area contributed by atoms with E-state index in [2.05, 4.69) is 15.9 Å². The van der Waals surface area contributed by atoms with Crippen LogP contribution >= 0.6 is 15.9 Å². The third kappa shape index (κ3) is 3.88. The van der Waals surface area contributed by atoms with Gasteiger partial charge >= 0.3 is 5.97 Å². The Morgan fingerprint density at radius 2 is 1.67 bits per heavy atom. The third-order valence-electron chi connectivity index (χ3n) is 3.29. The predicted octanol–water partition coefficient (Wildman–Crippen LogP) is 4.21. The van der Waals surface area contributed by atoms with Gasteiger partial charge in [-0.05, 0) is 36.6 Å². The lowest BCUT2D eigenvalue weighted by Crippen LogP contribution is -2.20. The molecule has 0 aromatic heterocycles. The molecular weight excluding hydrogens is 342 g/mol. The van der Waals surface area contributed by atoms with Crippen LogP contribution in [0.5, 0.6) is 0 Å². The molecule has 0 aliphatic heterocycles. The lowest BCUT2D eigenvalue weighted by atomic mass is 9.92. The van der Waals surface area contributed by atoms with Crippen molar-refractivity contribution in [1.29, 1.82) is 0 Å². The molecule has 0 radical (unpaired) electrons. The van der Waals surface area contributed by atoms with Gasteiger partial charge in [-0.15, -0.1) is 0 Å². The molecule has 21 heavy (non-hydrogen) atoms. The first-order valence-corrected chi connectivity index (χ1v) is 7.17. The van der Waals surface area contributed by atoms with Gasteiger partial charge in [0.25, 0.3) is 0 Å². The number of aliphatic carboxylic acids is 1. The normalized spacial score (nSPS) is 12.1. The zero-order chi connectivity index (χ0) is 15.4. The van der Waals surface area contributed by atoms with Gasteiger partial charge in [-0.3, -0.25) is 4.79 Å². The van der Waals surface area contributed by atoms with Crippen LogP contribution in [0, 0.1) is 17.6 Å². The molecule has 2 rings (SSSR count). The molecule has 2 nitrogen and oxygen atoms in total. The molecule has 110 valence electrons. The monoisotopic (exact) mass is 354 g/mol. The minimum atomic E-state index is -1.08. The van der Waals surface area contributed by atoms with E-state index < -0.39 is 23.5 Å². The molecule has 1 atom stereocenters. The van der Waals surface area contributed by atoms with Gasteiger partial charge in [-0.2, -0.15) is 0 Å². The van der Waals surface area contributed by atoms with Crippen LogP contribution in [0.2, 0.25) is 0 Å². The Kier molecular flexibility index (Phi) is 5.07. The first-order valence-electron chi connectivity index (χ1n) is 6.38. The number of carboxylic acids is 1.